The Balaban J connectivity index is 0.770. The molecule has 4 rings (SSSR count). The molecule has 0 amide bonds. The highest BCUT2D eigenvalue weighted by Crippen LogP contribution is 2.18. The van der Waals surface area contributed by atoms with Crippen LogP contribution in [0.15, 0.2) is 79.3 Å². The number of nitrogens with zero attached hydrogens (tertiary/aromatic N) is 2. The van der Waals surface area contributed by atoms with E-state index >= 15 is 0 Å². The summed E-state index contributed by atoms with van der Waals surface area (Å²) in [4.78, 5) is 4.65. The number of aromatic nitrogens is 2. The molecule has 0 N–H and O–H groups in total. The van der Waals surface area contributed by atoms with Gasteiger partial charge in [-0.2, -0.15) is 0 Å². The highest BCUT2D eigenvalue weighted by molar-refractivity contribution is 5.82. The largest absolute Gasteiger partial charge is 0.261 e. The zero-order valence-electron chi connectivity index (χ0n) is 33.5. The standard InChI is InChI=1S/C50H77N2/c1(3-5-7-9-11-13-15-17-19-21-23-25-27-29-39-50-43-47-36-31-32-37-48(47)44-51-50)2-4-6-8-10-12-14-16-18-20-22-24-26-28-34-41-52-42-40-46-35-30-33-38-49(46)45-52/h30-33,35-38,40,42-45H,1-29,34,39,41H2/q+1. The van der Waals surface area contributed by atoms with E-state index in [4.69, 9.17) is 0 Å². The van der Waals surface area contributed by atoms with Crippen molar-refractivity contribution >= 4 is 21.5 Å². The summed E-state index contributed by atoms with van der Waals surface area (Å²) in [6, 6.07) is 21.8. The summed E-state index contributed by atoms with van der Waals surface area (Å²) >= 11 is 0. The Hall–Kier alpha value is -2.74. The lowest BCUT2D eigenvalue weighted by Crippen LogP contribution is -2.32. The number of hydrogen-bond donors (Lipinski definition) is 0. The van der Waals surface area contributed by atoms with Crippen molar-refractivity contribution in [1.29, 1.82) is 0 Å². The van der Waals surface area contributed by atoms with Crippen molar-refractivity contribution in [2.24, 2.45) is 0 Å². The topological polar surface area (TPSA) is 16.8 Å². The van der Waals surface area contributed by atoms with Gasteiger partial charge in [0.25, 0.3) is 0 Å². The fraction of sp³-hybridized carbons (Fsp3) is 0.640. The fourth-order valence-corrected chi connectivity index (χ4v) is 8.13. The molecule has 2 aromatic carbocycles. The van der Waals surface area contributed by atoms with Crippen LogP contribution in [0.4, 0.5) is 0 Å². The molecule has 286 valence electrons. The van der Waals surface area contributed by atoms with Crippen molar-refractivity contribution in [2.45, 2.75) is 206 Å². The molecule has 2 nitrogen and oxygen atoms in total. The second kappa shape index (κ2) is 28.7. The Bertz CT molecular complexity index is 1320. The van der Waals surface area contributed by atoms with Crippen LogP contribution in [0.5, 0.6) is 0 Å². The second-order valence-electron chi connectivity index (χ2n) is 16.2. The Morgan fingerprint density at radius 1 is 0.346 bits per heavy atom. The average molecular weight is 706 g/mol. The first kappa shape index (κ1) is 42.0. The van der Waals surface area contributed by atoms with Gasteiger partial charge in [-0.3, -0.25) is 4.98 Å². The maximum atomic E-state index is 4.65. The Morgan fingerprint density at radius 2 is 0.712 bits per heavy atom. The lowest BCUT2D eigenvalue weighted by molar-refractivity contribution is -0.696. The van der Waals surface area contributed by atoms with Gasteiger partial charge in [0.2, 0.25) is 0 Å². The van der Waals surface area contributed by atoms with Crippen molar-refractivity contribution in [1.82, 2.24) is 4.98 Å². The predicted molar refractivity (Wildman–Crippen MR) is 228 cm³/mol. The van der Waals surface area contributed by atoms with Crippen LogP contribution in [0.25, 0.3) is 21.5 Å². The summed E-state index contributed by atoms with van der Waals surface area (Å²) in [6.07, 6.45) is 50.9. The summed E-state index contributed by atoms with van der Waals surface area (Å²) in [5, 5.41) is 5.27. The van der Waals surface area contributed by atoms with E-state index < -0.39 is 0 Å². The van der Waals surface area contributed by atoms with Crippen molar-refractivity contribution in [3.63, 3.8) is 0 Å². The van der Waals surface area contributed by atoms with Crippen LogP contribution in [0, 0.1) is 0 Å². The number of fused-ring (bicyclic) bond motifs is 2. The molecule has 0 fully saturated rings. The number of benzene rings is 2. The molecule has 4 aromatic rings. The molecule has 0 unspecified atom stereocenters. The number of rotatable bonds is 33. The lowest BCUT2D eigenvalue weighted by atomic mass is 10.0. The molecule has 2 heterocycles. The average Bonchev–Trinajstić information content (AvgIpc) is 3.18. The summed E-state index contributed by atoms with van der Waals surface area (Å²) < 4.78 is 2.37. The first-order valence-electron chi connectivity index (χ1n) is 22.6. The van der Waals surface area contributed by atoms with Crippen molar-refractivity contribution in [3.8, 4) is 0 Å². The Kier molecular flexibility index (Phi) is 23.2. The van der Waals surface area contributed by atoms with Crippen LogP contribution in [-0.4, -0.2) is 4.98 Å². The molecule has 0 saturated carbocycles. The minimum Gasteiger partial charge on any atom is -0.261 e. The first-order valence-corrected chi connectivity index (χ1v) is 22.6. The molecule has 0 aliphatic carbocycles. The smallest absolute Gasteiger partial charge is 0.176 e. The predicted octanol–water partition coefficient (Wildman–Crippen LogP) is 15.6. The lowest BCUT2D eigenvalue weighted by Gasteiger charge is -2.05. The van der Waals surface area contributed by atoms with E-state index in [0.29, 0.717) is 0 Å². The van der Waals surface area contributed by atoms with Gasteiger partial charge in [0, 0.05) is 35.2 Å². The van der Waals surface area contributed by atoms with E-state index in [2.05, 4.69) is 82.6 Å². The van der Waals surface area contributed by atoms with Gasteiger partial charge in [-0.25, -0.2) is 4.57 Å². The molecule has 0 aliphatic rings. The fourth-order valence-electron chi connectivity index (χ4n) is 8.13. The third kappa shape index (κ3) is 19.4. The zero-order valence-corrected chi connectivity index (χ0v) is 33.5. The van der Waals surface area contributed by atoms with Gasteiger partial charge in [0.1, 0.15) is 6.54 Å². The molecule has 0 saturated heterocycles. The van der Waals surface area contributed by atoms with Gasteiger partial charge in [-0.1, -0.05) is 216 Å². The van der Waals surface area contributed by atoms with Gasteiger partial charge in [0.05, 0.1) is 0 Å². The summed E-state index contributed by atoms with van der Waals surface area (Å²) in [5.74, 6) is 0. The summed E-state index contributed by atoms with van der Waals surface area (Å²) in [6.45, 7) is 1.15. The third-order valence-electron chi connectivity index (χ3n) is 11.5. The summed E-state index contributed by atoms with van der Waals surface area (Å²) in [5.41, 5.74) is 1.26. The quantitative estimate of drug-likeness (QED) is 0.0356. The molecule has 52 heavy (non-hydrogen) atoms. The molecule has 2 heteroatoms. The van der Waals surface area contributed by atoms with Gasteiger partial charge in [-0.15, -0.1) is 0 Å². The van der Waals surface area contributed by atoms with Crippen LogP contribution in [0.1, 0.15) is 198 Å². The Morgan fingerprint density at radius 3 is 1.17 bits per heavy atom. The van der Waals surface area contributed by atoms with Crippen molar-refractivity contribution in [3.05, 3.63) is 84.9 Å². The molecule has 0 spiro atoms. The van der Waals surface area contributed by atoms with E-state index in [9.17, 15) is 0 Å². The van der Waals surface area contributed by atoms with E-state index in [1.807, 2.05) is 6.20 Å². The Labute approximate surface area is 320 Å². The third-order valence-corrected chi connectivity index (χ3v) is 11.5. The molecule has 0 bridgehead atoms. The van der Waals surface area contributed by atoms with Crippen molar-refractivity contribution < 1.29 is 4.57 Å². The van der Waals surface area contributed by atoms with Crippen LogP contribution in [0.3, 0.4) is 0 Å². The number of aryl methyl sites for hydroxylation is 2. The van der Waals surface area contributed by atoms with E-state index in [-0.39, 0.29) is 0 Å². The molecule has 0 aliphatic heterocycles. The highest BCUT2D eigenvalue weighted by atomic mass is 14.9. The normalized spacial score (nSPS) is 11.6. The van der Waals surface area contributed by atoms with E-state index in [1.165, 1.54) is 220 Å². The van der Waals surface area contributed by atoms with Crippen LogP contribution in [0.2, 0.25) is 0 Å². The molecule has 0 atom stereocenters. The second-order valence-corrected chi connectivity index (χ2v) is 16.2. The maximum absolute atomic E-state index is 4.65. The minimum absolute atomic E-state index is 1.13. The number of hydrogen-bond acceptors (Lipinski definition) is 1. The number of unbranched alkanes of at least 4 members (excludes halogenated alkanes) is 29. The van der Waals surface area contributed by atoms with Crippen LogP contribution < -0.4 is 4.57 Å². The van der Waals surface area contributed by atoms with Gasteiger partial charge >= 0.3 is 0 Å². The molecular weight excluding hydrogens is 629 g/mol. The minimum atomic E-state index is 1.13. The van der Waals surface area contributed by atoms with Crippen LogP contribution >= 0.6 is 0 Å². The SMILES string of the molecule is c1ccc2c[n+](CCCCCCCCCCCCCCCCCCCCCCCCCCCCCCCCc3cc4ccccc4cn3)ccc2c1. The van der Waals surface area contributed by atoms with E-state index in [1.54, 1.807) is 0 Å². The number of pyridine rings is 2. The molecule has 0 radical (unpaired) electrons. The van der Waals surface area contributed by atoms with Crippen molar-refractivity contribution in [2.75, 3.05) is 0 Å². The van der Waals surface area contributed by atoms with Gasteiger partial charge in [-0.05, 0) is 42.2 Å². The maximum Gasteiger partial charge on any atom is 0.176 e. The highest BCUT2D eigenvalue weighted by Gasteiger charge is 2.03. The molecule has 2 aromatic heterocycles. The molecular formula is C50H77N2+. The van der Waals surface area contributed by atoms with E-state index in [0.717, 1.165) is 13.0 Å². The van der Waals surface area contributed by atoms with Gasteiger partial charge in [0.15, 0.2) is 12.4 Å². The zero-order chi connectivity index (χ0) is 36.0. The first-order chi connectivity index (χ1) is 25.9. The van der Waals surface area contributed by atoms with Gasteiger partial charge < -0.3 is 0 Å². The monoisotopic (exact) mass is 706 g/mol. The van der Waals surface area contributed by atoms with Crippen LogP contribution in [-0.2, 0) is 13.0 Å². The summed E-state index contributed by atoms with van der Waals surface area (Å²) in [7, 11) is 0.